The van der Waals surface area contributed by atoms with Crippen molar-refractivity contribution >= 4 is 40.3 Å². The molecule has 0 atom stereocenters. The minimum absolute atomic E-state index is 0.0663. The Kier molecular flexibility index (Phi) is 6.36. The Bertz CT molecular complexity index is 816. The third-order valence-electron chi connectivity index (χ3n) is 3.74. The Hall–Kier alpha value is -1.98. The van der Waals surface area contributed by atoms with Crippen LogP contribution in [0.2, 0.25) is 5.02 Å². The molecule has 3 rings (SSSR count). The van der Waals surface area contributed by atoms with Crippen LogP contribution < -0.4 is 5.32 Å². The van der Waals surface area contributed by atoms with Crippen molar-refractivity contribution < 1.29 is 4.79 Å². The maximum absolute atomic E-state index is 11.9. The van der Waals surface area contributed by atoms with E-state index in [-0.39, 0.29) is 5.91 Å². The number of rotatable bonds is 8. The normalized spacial score (nSPS) is 10.9. The first-order chi connectivity index (χ1) is 12.2. The second kappa shape index (κ2) is 8.92. The minimum atomic E-state index is 0.0663. The van der Waals surface area contributed by atoms with E-state index in [9.17, 15) is 4.79 Å². The predicted molar refractivity (Wildman–Crippen MR) is 105 cm³/mol. The molecule has 0 unspecified atom stereocenters. The van der Waals surface area contributed by atoms with E-state index in [1.54, 1.807) is 11.8 Å². The molecule has 1 aromatic heterocycles. The highest BCUT2D eigenvalue weighted by atomic mass is 35.5. The number of hydrogen-bond donors (Lipinski definition) is 2. The van der Waals surface area contributed by atoms with Crippen LogP contribution in [0.15, 0.2) is 48.5 Å². The van der Waals surface area contributed by atoms with Crippen LogP contribution in [0.25, 0.3) is 11.0 Å². The van der Waals surface area contributed by atoms with E-state index in [0.717, 1.165) is 46.0 Å². The highest BCUT2D eigenvalue weighted by molar-refractivity contribution is 7.99. The van der Waals surface area contributed by atoms with Gasteiger partial charge in [0.1, 0.15) is 5.82 Å². The number of aromatic nitrogens is 2. The molecular weight excluding hydrogens is 354 g/mol. The molecule has 3 aromatic rings. The van der Waals surface area contributed by atoms with E-state index < -0.39 is 0 Å². The van der Waals surface area contributed by atoms with Crippen LogP contribution in [0, 0.1) is 0 Å². The second-order valence-electron chi connectivity index (χ2n) is 5.78. The molecular formula is C19H20ClN3OS. The van der Waals surface area contributed by atoms with Crippen molar-refractivity contribution in [1.82, 2.24) is 15.3 Å². The first-order valence-corrected chi connectivity index (χ1v) is 9.76. The molecule has 25 heavy (non-hydrogen) atoms. The lowest BCUT2D eigenvalue weighted by atomic mass is 10.2. The molecule has 130 valence electrons. The van der Waals surface area contributed by atoms with E-state index in [1.165, 1.54) is 0 Å². The average molecular weight is 374 g/mol. The number of aromatic amines is 1. The highest BCUT2D eigenvalue weighted by Crippen LogP contribution is 2.16. The Morgan fingerprint density at radius 2 is 2.08 bits per heavy atom. The number of thioether (sulfide) groups is 1. The summed E-state index contributed by atoms with van der Waals surface area (Å²) in [5.41, 5.74) is 3.17. The third kappa shape index (κ3) is 5.51. The molecule has 2 N–H and O–H groups in total. The molecule has 6 heteroatoms. The summed E-state index contributed by atoms with van der Waals surface area (Å²) >= 11 is 7.54. The topological polar surface area (TPSA) is 57.8 Å². The Morgan fingerprint density at radius 1 is 1.20 bits per heavy atom. The van der Waals surface area contributed by atoms with Crippen LogP contribution in [0.4, 0.5) is 0 Å². The molecule has 0 saturated heterocycles. The quantitative estimate of drug-likeness (QED) is 0.582. The van der Waals surface area contributed by atoms with E-state index in [0.29, 0.717) is 12.3 Å². The zero-order valence-corrected chi connectivity index (χ0v) is 15.4. The molecule has 4 nitrogen and oxygen atoms in total. The molecule has 0 aliphatic rings. The smallest absolute Gasteiger partial charge is 0.230 e. The van der Waals surface area contributed by atoms with Crippen LogP contribution >= 0.6 is 23.4 Å². The van der Waals surface area contributed by atoms with Crippen molar-refractivity contribution in [2.45, 2.75) is 18.6 Å². The monoisotopic (exact) mass is 373 g/mol. The molecule has 0 fully saturated rings. The largest absolute Gasteiger partial charge is 0.355 e. The molecule has 0 radical (unpaired) electrons. The summed E-state index contributed by atoms with van der Waals surface area (Å²) in [6.45, 7) is 0.660. The van der Waals surface area contributed by atoms with Crippen molar-refractivity contribution in [3.05, 3.63) is 64.9 Å². The van der Waals surface area contributed by atoms with Crippen LogP contribution in [0.1, 0.15) is 17.8 Å². The minimum Gasteiger partial charge on any atom is -0.355 e. The number of benzene rings is 2. The summed E-state index contributed by atoms with van der Waals surface area (Å²) in [5.74, 6) is 2.27. The van der Waals surface area contributed by atoms with Gasteiger partial charge in [-0.2, -0.15) is 0 Å². The number of imidazole rings is 1. The predicted octanol–water partition coefficient (Wildman–Crippen LogP) is 4.20. The van der Waals surface area contributed by atoms with Gasteiger partial charge in [-0.15, -0.1) is 11.8 Å². The first-order valence-electron chi connectivity index (χ1n) is 8.23. The summed E-state index contributed by atoms with van der Waals surface area (Å²) in [6, 6.07) is 15.7. The Labute approximate surface area is 156 Å². The summed E-state index contributed by atoms with van der Waals surface area (Å²) in [6.07, 6.45) is 1.69. The van der Waals surface area contributed by atoms with Gasteiger partial charge in [0.15, 0.2) is 0 Å². The lowest BCUT2D eigenvalue weighted by molar-refractivity contribution is -0.118. The zero-order valence-electron chi connectivity index (χ0n) is 13.8. The number of carbonyl (C=O) groups excluding carboxylic acids is 1. The van der Waals surface area contributed by atoms with Gasteiger partial charge in [-0.3, -0.25) is 4.79 Å². The highest BCUT2D eigenvalue weighted by Gasteiger charge is 2.04. The van der Waals surface area contributed by atoms with Crippen molar-refractivity contribution in [3.63, 3.8) is 0 Å². The average Bonchev–Trinajstić information content (AvgIpc) is 3.02. The third-order valence-corrected chi connectivity index (χ3v) is 4.98. The summed E-state index contributed by atoms with van der Waals surface area (Å²) in [5, 5.41) is 3.69. The van der Waals surface area contributed by atoms with Gasteiger partial charge in [0, 0.05) is 23.7 Å². The fourth-order valence-corrected chi connectivity index (χ4v) is 3.56. The maximum Gasteiger partial charge on any atom is 0.230 e. The van der Waals surface area contributed by atoms with Crippen molar-refractivity contribution in [2.75, 3.05) is 12.3 Å². The van der Waals surface area contributed by atoms with E-state index >= 15 is 0 Å². The van der Waals surface area contributed by atoms with Crippen molar-refractivity contribution in [2.24, 2.45) is 0 Å². The van der Waals surface area contributed by atoms with E-state index in [1.807, 2.05) is 48.5 Å². The van der Waals surface area contributed by atoms with Gasteiger partial charge in [0.2, 0.25) is 5.91 Å². The second-order valence-corrected chi connectivity index (χ2v) is 7.20. The van der Waals surface area contributed by atoms with Gasteiger partial charge in [0.25, 0.3) is 0 Å². The van der Waals surface area contributed by atoms with Crippen molar-refractivity contribution in [3.8, 4) is 0 Å². The van der Waals surface area contributed by atoms with Gasteiger partial charge in [-0.05, 0) is 36.2 Å². The number of fused-ring (bicyclic) bond motifs is 1. The van der Waals surface area contributed by atoms with Gasteiger partial charge in [-0.1, -0.05) is 35.9 Å². The van der Waals surface area contributed by atoms with Crippen LogP contribution in [-0.4, -0.2) is 28.2 Å². The number of para-hydroxylation sites is 2. The molecule has 1 heterocycles. The summed E-state index contributed by atoms with van der Waals surface area (Å²) in [7, 11) is 0. The molecule has 0 bridgehead atoms. The fourth-order valence-electron chi connectivity index (χ4n) is 2.55. The number of amides is 1. The number of carbonyl (C=O) groups is 1. The molecule has 0 aliphatic carbocycles. The van der Waals surface area contributed by atoms with Crippen LogP contribution in [-0.2, 0) is 17.0 Å². The van der Waals surface area contributed by atoms with E-state index in [4.69, 9.17) is 11.6 Å². The molecule has 0 saturated carbocycles. The van der Waals surface area contributed by atoms with Gasteiger partial charge < -0.3 is 10.3 Å². The standard InChI is InChI=1S/C19H20ClN3OS/c20-15-6-3-5-14(11-15)12-25-13-19(24)21-10-4-9-18-22-16-7-1-2-8-17(16)23-18/h1-3,5-8,11H,4,9-10,12-13H2,(H,21,24)(H,22,23). The SMILES string of the molecule is O=C(CSCc1cccc(Cl)c1)NCCCc1nc2ccccc2[nH]1. The number of H-pyrrole nitrogens is 1. The number of nitrogens with one attached hydrogen (secondary N) is 2. The lowest BCUT2D eigenvalue weighted by Crippen LogP contribution is -2.26. The molecule has 2 aromatic carbocycles. The summed E-state index contributed by atoms with van der Waals surface area (Å²) in [4.78, 5) is 19.7. The number of hydrogen-bond acceptors (Lipinski definition) is 3. The van der Waals surface area contributed by atoms with Gasteiger partial charge in [-0.25, -0.2) is 4.98 Å². The molecule has 0 aliphatic heterocycles. The number of nitrogens with zero attached hydrogens (tertiary/aromatic N) is 1. The molecule has 1 amide bonds. The number of aryl methyl sites for hydroxylation is 1. The Morgan fingerprint density at radius 3 is 2.92 bits per heavy atom. The fraction of sp³-hybridized carbons (Fsp3) is 0.263. The van der Waals surface area contributed by atoms with Crippen LogP contribution in [0.5, 0.6) is 0 Å². The first kappa shape index (κ1) is 17.8. The zero-order chi connectivity index (χ0) is 17.5. The lowest BCUT2D eigenvalue weighted by Gasteiger charge is -2.05. The number of halogens is 1. The van der Waals surface area contributed by atoms with Crippen molar-refractivity contribution in [1.29, 1.82) is 0 Å². The molecule has 0 spiro atoms. The van der Waals surface area contributed by atoms with Crippen LogP contribution in [0.3, 0.4) is 0 Å². The maximum atomic E-state index is 11.9. The van der Waals surface area contributed by atoms with Gasteiger partial charge >= 0.3 is 0 Å². The van der Waals surface area contributed by atoms with Gasteiger partial charge in [0.05, 0.1) is 16.8 Å². The Balaban J connectivity index is 1.32. The summed E-state index contributed by atoms with van der Waals surface area (Å²) < 4.78 is 0. The van der Waals surface area contributed by atoms with E-state index in [2.05, 4.69) is 15.3 Å².